The zero-order valence-corrected chi connectivity index (χ0v) is 13.4. The minimum atomic E-state index is -0.271. The number of esters is 1. The molecule has 0 aliphatic heterocycles. The predicted octanol–water partition coefficient (Wildman–Crippen LogP) is 2.58. The van der Waals surface area contributed by atoms with Crippen LogP contribution in [0.3, 0.4) is 0 Å². The van der Waals surface area contributed by atoms with Gasteiger partial charge in [-0.05, 0) is 18.6 Å². The van der Waals surface area contributed by atoms with Crippen LogP contribution in [-0.4, -0.2) is 40.9 Å². The lowest BCUT2D eigenvalue weighted by molar-refractivity contribution is -0.143. The van der Waals surface area contributed by atoms with Gasteiger partial charge in [-0.2, -0.15) is 0 Å². The average molecular weight is 307 g/mol. The van der Waals surface area contributed by atoms with Crippen LogP contribution in [0.15, 0.2) is 29.4 Å². The number of benzene rings is 1. The number of fused-ring (bicyclic) bond motifs is 1. The third-order valence-electron chi connectivity index (χ3n) is 3.03. The Kier molecular flexibility index (Phi) is 5.64. The van der Waals surface area contributed by atoms with Crippen molar-refractivity contribution in [2.75, 3.05) is 12.9 Å². The van der Waals surface area contributed by atoms with E-state index < -0.39 is 0 Å². The Morgan fingerprint density at radius 1 is 1.43 bits per heavy atom. The first kappa shape index (κ1) is 15.9. The van der Waals surface area contributed by atoms with Crippen LogP contribution in [-0.2, 0) is 9.53 Å². The van der Waals surface area contributed by atoms with Crippen molar-refractivity contribution in [1.29, 1.82) is 0 Å². The minimum absolute atomic E-state index is 0.214. The molecule has 0 fully saturated rings. The first-order valence-electron chi connectivity index (χ1n) is 7.01. The summed E-state index contributed by atoms with van der Waals surface area (Å²) in [5.74, 6) is 0.577. The number of aromatic nitrogens is 2. The van der Waals surface area contributed by atoms with Gasteiger partial charge < -0.3 is 15.0 Å². The van der Waals surface area contributed by atoms with Crippen LogP contribution in [0.2, 0.25) is 0 Å². The molecular formula is C15H21N3O2S. The molecule has 6 heteroatoms. The molecule has 1 aromatic heterocycles. The van der Waals surface area contributed by atoms with Gasteiger partial charge >= 0.3 is 5.97 Å². The summed E-state index contributed by atoms with van der Waals surface area (Å²) < 4.78 is 4.83. The molecule has 1 aromatic carbocycles. The number of methoxy groups -OCH3 is 1. The zero-order chi connectivity index (χ0) is 15.2. The van der Waals surface area contributed by atoms with Gasteiger partial charge in [-0.3, -0.25) is 4.79 Å². The van der Waals surface area contributed by atoms with E-state index in [2.05, 4.69) is 15.3 Å². The van der Waals surface area contributed by atoms with E-state index in [-0.39, 0.29) is 18.1 Å². The van der Waals surface area contributed by atoms with Gasteiger partial charge in [0.15, 0.2) is 5.16 Å². The van der Waals surface area contributed by atoms with Gasteiger partial charge in [0.1, 0.15) is 6.04 Å². The lowest BCUT2D eigenvalue weighted by Crippen LogP contribution is -2.41. The summed E-state index contributed by atoms with van der Waals surface area (Å²) in [7, 11) is 1.42. The highest BCUT2D eigenvalue weighted by Crippen LogP contribution is 2.20. The van der Waals surface area contributed by atoms with Gasteiger partial charge in [-0.1, -0.05) is 37.7 Å². The van der Waals surface area contributed by atoms with E-state index in [9.17, 15) is 4.79 Å². The Hall–Kier alpha value is -1.53. The maximum absolute atomic E-state index is 11.7. The molecule has 5 nitrogen and oxygen atoms in total. The summed E-state index contributed by atoms with van der Waals surface area (Å²) >= 11 is 1.62. The maximum atomic E-state index is 11.7. The molecule has 0 saturated carbocycles. The van der Waals surface area contributed by atoms with Gasteiger partial charge in [0.05, 0.1) is 18.1 Å². The molecule has 2 N–H and O–H groups in total. The fourth-order valence-corrected chi connectivity index (χ4v) is 2.98. The van der Waals surface area contributed by atoms with Crippen LogP contribution in [0.1, 0.15) is 20.3 Å². The SMILES string of the molecule is COC(=O)C(CCSc1nc2ccccc2[nH]1)NC(C)C. The molecule has 2 aromatic rings. The Balaban J connectivity index is 1.90. The number of hydrogen-bond acceptors (Lipinski definition) is 5. The Morgan fingerprint density at radius 3 is 2.86 bits per heavy atom. The van der Waals surface area contributed by atoms with Crippen LogP contribution in [0.5, 0.6) is 0 Å². The largest absolute Gasteiger partial charge is 0.468 e. The monoisotopic (exact) mass is 307 g/mol. The molecule has 0 aliphatic carbocycles. The summed E-state index contributed by atoms with van der Waals surface area (Å²) in [6.07, 6.45) is 0.701. The second-order valence-electron chi connectivity index (χ2n) is 5.09. The van der Waals surface area contributed by atoms with Gasteiger partial charge in [0, 0.05) is 11.8 Å². The van der Waals surface area contributed by atoms with Crippen LogP contribution < -0.4 is 5.32 Å². The smallest absolute Gasteiger partial charge is 0.322 e. The number of thioether (sulfide) groups is 1. The van der Waals surface area contributed by atoms with Crippen LogP contribution in [0.4, 0.5) is 0 Å². The van der Waals surface area contributed by atoms with Crippen molar-refractivity contribution in [3.63, 3.8) is 0 Å². The molecule has 114 valence electrons. The van der Waals surface area contributed by atoms with E-state index in [0.717, 1.165) is 21.9 Å². The number of H-pyrrole nitrogens is 1. The number of imidazole rings is 1. The molecule has 0 bridgehead atoms. The molecule has 21 heavy (non-hydrogen) atoms. The van der Waals surface area contributed by atoms with Gasteiger partial charge in [-0.15, -0.1) is 0 Å². The molecule has 1 unspecified atom stereocenters. The highest BCUT2D eigenvalue weighted by Gasteiger charge is 2.19. The standard InChI is InChI=1S/C15H21N3O2S/c1-10(2)16-13(14(19)20-3)8-9-21-15-17-11-6-4-5-7-12(11)18-15/h4-7,10,13,16H,8-9H2,1-3H3,(H,17,18). The predicted molar refractivity (Wildman–Crippen MR) is 85.5 cm³/mol. The second-order valence-corrected chi connectivity index (χ2v) is 6.18. The first-order chi connectivity index (χ1) is 10.1. The van der Waals surface area contributed by atoms with Crippen LogP contribution in [0.25, 0.3) is 11.0 Å². The number of rotatable bonds is 7. The number of hydrogen-bond donors (Lipinski definition) is 2. The highest BCUT2D eigenvalue weighted by atomic mass is 32.2. The summed E-state index contributed by atoms with van der Waals surface area (Å²) in [6, 6.07) is 7.90. The number of carbonyl (C=O) groups excluding carboxylic acids is 1. The van der Waals surface area contributed by atoms with Crippen LogP contribution >= 0.6 is 11.8 Å². The Labute approximate surface area is 128 Å². The van der Waals surface area contributed by atoms with E-state index in [1.54, 1.807) is 11.8 Å². The molecule has 0 spiro atoms. The number of ether oxygens (including phenoxy) is 1. The fourth-order valence-electron chi connectivity index (χ4n) is 2.09. The van der Waals surface area contributed by atoms with Crippen molar-refractivity contribution in [3.8, 4) is 0 Å². The summed E-state index contributed by atoms with van der Waals surface area (Å²) in [4.78, 5) is 19.5. The number of aromatic amines is 1. The lowest BCUT2D eigenvalue weighted by Gasteiger charge is -2.18. The third kappa shape index (κ3) is 4.47. The molecule has 2 rings (SSSR count). The molecule has 0 aliphatic rings. The average Bonchev–Trinajstić information content (AvgIpc) is 2.87. The van der Waals surface area contributed by atoms with Crippen molar-refractivity contribution in [3.05, 3.63) is 24.3 Å². The van der Waals surface area contributed by atoms with Crippen molar-refractivity contribution >= 4 is 28.8 Å². The molecule has 0 radical (unpaired) electrons. The number of carbonyl (C=O) groups is 1. The van der Waals surface area contributed by atoms with Gasteiger partial charge in [0.2, 0.25) is 0 Å². The third-order valence-corrected chi connectivity index (χ3v) is 3.94. The quantitative estimate of drug-likeness (QED) is 0.608. The van der Waals surface area contributed by atoms with E-state index in [1.165, 1.54) is 7.11 Å². The second kappa shape index (κ2) is 7.47. The first-order valence-corrected chi connectivity index (χ1v) is 8.00. The molecule has 1 atom stereocenters. The lowest BCUT2D eigenvalue weighted by atomic mass is 10.2. The minimum Gasteiger partial charge on any atom is -0.468 e. The topological polar surface area (TPSA) is 67.0 Å². The fraction of sp³-hybridized carbons (Fsp3) is 0.467. The van der Waals surface area contributed by atoms with Gasteiger partial charge in [0.25, 0.3) is 0 Å². The number of nitrogens with zero attached hydrogens (tertiary/aromatic N) is 1. The van der Waals surface area contributed by atoms with Crippen molar-refractivity contribution < 1.29 is 9.53 Å². The number of para-hydroxylation sites is 2. The maximum Gasteiger partial charge on any atom is 0.322 e. The molecule has 1 heterocycles. The van der Waals surface area contributed by atoms with E-state index in [4.69, 9.17) is 4.74 Å². The Morgan fingerprint density at radius 2 is 2.19 bits per heavy atom. The van der Waals surface area contributed by atoms with Crippen molar-refractivity contribution in [1.82, 2.24) is 15.3 Å². The van der Waals surface area contributed by atoms with Crippen molar-refractivity contribution in [2.24, 2.45) is 0 Å². The summed E-state index contributed by atoms with van der Waals surface area (Å²) in [5.41, 5.74) is 2.00. The van der Waals surface area contributed by atoms with Crippen molar-refractivity contribution in [2.45, 2.75) is 37.5 Å². The van der Waals surface area contributed by atoms with Gasteiger partial charge in [-0.25, -0.2) is 4.98 Å². The normalized spacial score (nSPS) is 12.8. The van der Waals surface area contributed by atoms with E-state index in [1.807, 2.05) is 38.1 Å². The Bertz CT molecular complexity index is 564. The molecular weight excluding hydrogens is 286 g/mol. The van der Waals surface area contributed by atoms with E-state index >= 15 is 0 Å². The van der Waals surface area contributed by atoms with Crippen LogP contribution in [0, 0.1) is 0 Å². The summed E-state index contributed by atoms with van der Waals surface area (Å²) in [6.45, 7) is 4.03. The number of nitrogens with one attached hydrogen (secondary N) is 2. The highest BCUT2D eigenvalue weighted by molar-refractivity contribution is 7.99. The van der Waals surface area contributed by atoms with E-state index in [0.29, 0.717) is 6.42 Å². The molecule has 0 saturated heterocycles. The summed E-state index contributed by atoms with van der Waals surface area (Å²) in [5, 5.41) is 4.10. The zero-order valence-electron chi connectivity index (χ0n) is 12.6. The molecule has 0 amide bonds.